The standard InChI is InChI=1S/C15H14FNO2/c16-12-1-3-14(18)11(7-12)9-17-13-2-4-15-10(8-13)5-6-19-15/h1-4,7-8,17-18H,5-6,9H2. The van der Waals surface area contributed by atoms with E-state index in [1.807, 2.05) is 18.2 Å². The van der Waals surface area contributed by atoms with Crippen molar-refractivity contribution in [2.24, 2.45) is 0 Å². The number of anilines is 1. The largest absolute Gasteiger partial charge is 0.508 e. The first-order valence-electron chi connectivity index (χ1n) is 6.19. The molecule has 19 heavy (non-hydrogen) atoms. The summed E-state index contributed by atoms with van der Waals surface area (Å²) >= 11 is 0. The Labute approximate surface area is 110 Å². The smallest absolute Gasteiger partial charge is 0.123 e. The number of hydrogen-bond acceptors (Lipinski definition) is 3. The van der Waals surface area contributed by atoms with E-state index in [1.54, 1.807) is 0 Å². The van der Waals surface area contributed by atoms with Gasteiger partial charge < -0.3 is 15.2 Å². The molecule has 0 fully saturated rings. The van der Waals surface area contributed by atoms with E-state index in [4.69, 9.17) is 4.74 Å². The zero-order valence-electron chi connectivity index (χ0n) is 10.3. The molecule has 2 aromatic carbocycles. The van der Waals surface area contributed by atoms with E-state index in [0.29, 0.717) is 12.1 Å². The molecule has 0 radical (unpaired) electrons. The Bertz CT molecular complexity index is 613. The van der Waals surface area contributed by atoms with Gasteiger partial charge in [-0.3, -0.25) is 0 Å². The van der Waals surface area contributed by atoms with Crippen LogP contribution in [-0.4, -0.2) is 11.7 Å². The number of ether oxygens (including phenoxy) is 1. The minimum atomic E-state index is -0.350. The Balaban J connectivity index is 1.74. The van der Waals surface area contributed by atoms with E-state index >= 15 is 0 Å². The highest BCUT2D eigenvalue weighted by Gasteiger charge is 2.12. The molecule has 2 N–H and O–H groups in total. The molecule has 0 atom stereocenters. The summed E-state index contributed by atoms with van der Waals surface area (Å²) in [6.07, 6.45) is 0.913. The lowest BCUT2D eigenvalue weighted by Crippen LogP contribution is -2.00. The van der Waals surface area contributed by atoms with Gasteiger partial charge in [0, 0.05) is 24.2 Å². The topological polar surface area (TPSA) is 41.5 Å². The van der Waals surface area contributed by atoms with Crippen LogP contribution in [0, 0.1) is 5.82 Å². The summed E-state index contributed by atoms with van der Waals surface area (Å²) in [5.74, 6) is 0.675. The second kappa shape index (κ2) is 4.80. The molecule has 0 aromatic heterocycles. The molecule has 3 nitrogen and oxygen atoms in total. The summed E-state index contributed by atoms with van der Waals surface area (Å²) < 4.78 is 18.5. The molecular weight excluding hydrogens is 245 g/mol. The van der Waals surface area contributed by atoms with Gasteiger partial charge in [-0.15, -0.1) is 0 Å². The Morgan fingerprint density at radius 1 is 1.21 bits per heavy atom. The Morgan fingerprint density at radius 3 is 3.00 bits per heavy atom. The molecule has 0 saturated heterocycles. The first-order valence-corrected chi connectivity index (χ1v) is 6.19. The lowest BCUT2D eigenvalue weighted by atomic mass is 10.1. The predicted molar refractivity (Wildman–Crippen MR) is 71.0 cm³/mol. The number of halogens is 1. The molecule has 0 amide bonds. The third-order valence-electron chi connectivity index (χ3n) is 3.21. The van der Waals surface area contributed by atoms with Gasteiger partial charge in [0.1, 0.15) is 17.3 Å². The number of hydrogen-bond donors (Lipinski definition) is 2. The molecule has 0 bridgehead atoms. The fourth-order valence-electron chi connectivity index (χ4n) is 2.19. The average Bonchev–Trinajstić information content (AvgIpc) is 2.87. The molecule has 0 saturated carbocycles. The fourth-order valence-corrected chi connectivity index (χ4v) is 2.19. The number of nitrogens with one attached hydrogen (secondary N) is 1. The van der Waals surface area contributed by atoms with Gasteiger partial charge in [0.25, 0.3) is 0 Å². The van der Waals surface area contributed by atoms with Crippen molar-refractivity contribution in [2.75, 3.05) is 11.9 Å². The lowest BCUT2D eigenvalue weighted by molar-refractivity contribution is 0.357. The van der Waals surface area contributed by atoms with Crippen molar-refractivity contribution in [3.05, 3.63) is 53.3 Å². The van der Waals surface area contributed by atoms with Crippen LogP contribution < -0.4 is 10.1 Å². The monoisotopic (exact) mass is 259 g/mol. The van der Waals surface area contributed by atoms with Crippen molar-refractivity contribution in [1.82, 2.24) is 0 Å². The Morgan fingerprint density at radius 2 is 2.11 bits per heavy atom. The van der Waals surface area contributed by atoms with Crippen LogP contribution in [0.15, 0.2) is 36.4 Å². The maximum Gasteiger partial charge on any atom is 0.123 e. The van der Waals surface area contributed by atoms with E-state index in [-0.39, 0.29) is 11.6 Å². The van der Waals surface area contributed by atoms with Crippen LogP contribution in [0.4, 0.5) is 10.1 Å². The van der Waals surface area contributed by atoms with E-state index in [2.05, 4.69) is 5.32 Å². The van der Waals surface area contributed by atoms with Gasteiger partial charge in [0.15, 0.2) is 0 Å². The Hall–Kier alpha value is -2.23. The van der Waals surface area contributed by atoms with Crippen LogP contribution in [0.3, 0.4) is 0 Å². The fraction of sp³-hybridized carbons (Fsp3) is 0.200. The third kappa shape index (κ3) is 2.47. The summed E-state index contributed by atoms with van der Waals surface area (Å²) in [6, 6.07) is 9.81. The van der Waals surface area contributed by atoms with Crippen molar-refractivity contribution >= 4 is 5.69 Å². The lowest BCUT2D eigenvalue weighted by Gasteiger charge is -2.09. The third-order valence-corrected chi connectivity index (χ3v) is 3.21. The van der Waals surface area contributed by atoms with Crippen LogP contribution >= 0.6 is 0 Å². The molecule has 4 heteroatoms. The molecule has 1 aliphatic heterocycles. The molecule has 0 unspecified atom stereocenters. The predicted octanol–water partition coefficient (Wildman–Crippen LogP) is 3.08. The minimum absolute atomic E-state index is 0.0957. The van der Waals surface area contributed by atoms with Crippen molar-refractivity contribution in [3.63, 3.8) is 0 Å². The van der Waals surface area contributed by atoms with Gasteiger partial charge in [0.05, 0.1) is 6.61 Å². The zero-order chi connectivity index (χ0) is 13.2. The SMILES string of the molecule is Oc1ccc(F)cc1CNc1ccc2c(c1)CCO2. The molecule has 98 valence electrons. The molecule has 0 aliphatic carbocycles. The molecular formula is C15H14FNO2. The van der Waals surface area contributed by atoms with Crippen molar-refractivity contribution in [2.45, 2.75) is 13.0 Å². The van der Waals surface area contributed by atoms with Crippen LogP contribution in [0.2, 0.25) is 0 Å². The summed E-state index contributed by atoms with van der Waals surface area (Å²) in [4.78, 5) is 0. The van der Waals surface area contributed by atoms with Gasteiger partial charge in [-0.25, -0.2) is 4.39 Å². The second-order valence-corrected chi connectivity index (χ2v) is 4.55. The highest BCUT2D eigenvalue weighted by atomic mass is 19.1. The van der Waals surface area contributed by atoms with Gasteiger partial charge in [-0.2, -0.15) is 0 Å². The summed E-state index contributed by atoms with van der Waals surface area (Å²) in [6.45, 7) is 1.10. The van der Waals surface area contributed by atoms with Crippen LogP contribution in [-0.2, 0) is 13.0 Å². The van der Waals surface area contributed by atoms with Gasteiger partial charge in [-0.1, -0.05) is 0 Å². The van der Waals surface area contributed by atoms with E-state index in [9.17, 15) is 9.50 Å². The first kappa shape index (κ1) is 11.8. The van der Waals surface area contributed by atoms with Crippen molar-refractivity contribution in [3.8, 4) is 11.5 Å². The number of fused-ring (bicyclic) bond motifs is 1. The molecule has 1 heterocycles. The quantitative estimate of drug-likeness (QED) is 0.890. The number of aromatic hydroxyl groups is 1. The summed E-state index contributed by atoms with van der Waals surface area (Å²) in [5.41, 5.74) is 2.65. The number of phenols is 1. The average molecular weight is 259 g/mol. The normalized spacial score (nSPS) is 12.9. The first-order chi connectivity index (χ1) is 9.22. The highest BCUT2D eigenvalue weighted by Crippen LogP contribution is 2.28. The zero-order valence-corrected chi connectivity index (χ0v) is 10.3. The van der Waals surface area contributed by atoms with E-state index in [1.165, 1.54) is 23.8 Å². The van der Waals surface area contributed by atoms with E-state index < -0.39 is 0 Å². The van der Waals surface area contributed by atoms with Crippen LogP contribution in [0.25, 0.3) is 0 Å². The second-order valence-electron chi connectivity index (χ2n) is 4.55. The summed E-state index contributed by atoms with van der Waals surface area (Å²) in [5, 5.41) is 12.8. The van der Waals surface area contributed by atoms with Crippen LogP contribution in [0.1, 0.15) is 11.1 Å². The maximum atomic E-state index is 13.1. The van der Waals surface area contributed by atoms with Crippen LogP contribution in [0.5, 0.6) is 11.5 Å². The minimum Gasteiger partial charge on any atom is -0.508 e. The number of benzene rings is 2. The van der Waals surface area contributed by atoms with Gasteiger partial charge in [0.2, 0.25) is 0 Å². The molecule has 1 aliphatic rings. The highest BCUT2D eigenvalue weighted by molar-refractivity contribution is 5.53. The molecule has 2 aromatic rings. The number of phenolic OH excluding ortho intramolecular Hbond substituents is 1. The van der Waals surface area contributed by atoms with Gasteiger partial charge in [-0.05, 0) is 42.0 Å². The molecule has 3 rings (SSSR count). The number of rotatable bonds is 3. The molecule has 0 spiro atoms. The van der Waals surface area contributed by atoms with Gasteiger partial charge >= 0.3 is 0 Å². The maximum absolute atomic E-state index is 13.1. The van der Waals surface area contributed by atoms with Crippen molar-refractivity contribution < 1.29 is 14.2 Å². The Kier molecular flexibility index (Phi) is 2.99. The summed E-state index contributed by atoms with van der Waals surface area (Å²) in [7, 11) is 0. The van der Waals surface area contributed by atoms with E-state index in [0.717, 1.165) is 24.5 Å². The van der Waals surface area contributed by atoms with Crippen molar-refractivity contribution in [1.29, 1.82) is 0 Å².